The first-order valence-electron chi connectivity index (χ1n) is 10.9. The Labute approximate surface area is 177 Å². The van der Waals surface area contributed by atoms with Crippen LogP contribution in [0.5, 0.6) is 5.75 Å². The number of benzene rings is 2. The highest BCUT2D eigenvalue weighted by Crippen LogP contribution is 2.28. The van der Waals surface area contributed by atoms with Crippen molar-refractivity contribution >= 4 is 5.97 Å². The molecule has 30 heavy (non-hydrogen) atoms. The third-order valence-electron chi connectivity index (χ3n) is 5.69. The van der Waals surface area contributed by atoms with Gasteiger partial charge in [0.25, 0.3) is 0 Å². The van der Waals surface area contributed by atoms with Crippen LogP contribution in [-0.2, 0) is 22.4 Å². The molecule has 0 saturated heterocycles. The monoisotopic (exact) mass is 416 g/mol. The maximum absolute atomic E-state index is 13.3. The summed E-state index contributed by atoms with van der Waals surface area (Å²) in [6.45, 7) is 2.95. The van der Waals surface area contributed by atoms with Crippen LogP contribution in [0.3, 0.4) is 0 Å². The summed E-state index contributed by atoms with van der Waals surface area (Å²) < 4.78 is 37.7. The lowest BCUT2D eigenvalue weighted by molar-refractivity contribution is -0.141. The zero-order valence-electron chi connectivity index (χ0n) is 17.5. The maximum atomic E-state index is 13.3. The van der Waals surface area contributed by atoms with Crippen molar-refractivity contribution in [2.75, 3.05) is 6.61 Å². The van der Waals surface area contributed by atoms with Gasteiger partial charge in [0.1, 0.15) is 5.75 Å². The fraction of sp³-hybridized carbons (Fsp3) is 0.480. The molecule has 0 spiro atoms. The van der Waals surface area contributed by atoms with E-state index in [1.165, 1.54) is 6.07 Å². The highest BCUT2D eigenvalue weighted by Gasteiger charge is 2.28. The highest BCUT2D eigenvalue weighted by atomic mass is 19.2. The van der Waals surface area contributed by atoms with E-state index in [4.69, 9.17) is 9.47 Å². The van der Waals surface area contributed by atoms with Crippen molar-refractivity contribution in [3.8, 4) is 5.75 Å². The predicted octanol–water partition coefficient (Wildman–Crippen LogP) is 6.03. The van der Waals surface area contributed by atoms with E-state index >= 15 is 0 Å². The summed E-state index contributed by atoms with van der Waals surface area (Å²) in [7, 11) is 0. The SMILES string of the molecule is CCCCO[C@H]1CC[C@H](C(=O)Oc2ccc(CCc3ccc(F)c(F)c3)cc2)CC1. The van der Waals surface area contributed by atoms with Crippen LogP contribution in [0, 0.1) is 17.6 Å². The van der Waals surface area contributed by atoms with E-state index in [-0.39, 0.29) is 18.0 Å². The molecule has 3 rings (SSSR count). The minimum atomic E-state index is -0.831. The van der Waals surface area contributed by atoms with E-state index < -0.39 is 11.6 Å². The molecule has 3 nitrogen and oxygen atoms in total. The minimum Gasteiger partial charge on any atom is -0.426 e. The van der Waals surface area contributed by atoms with Gasteiger partial charge in [-0.25, -0.2) is 8.78 Å². The van der Waals surface area contributed by atoms with Gasteiger partial charge in [-0.1, -0.05) is 31.5 Å². The molecule has 0 aromatic heterocycles. The van der Waals surface area contributed by atoms with E-state index in [2.05, 4.69) is 6.92 Å². The molecule has 0 unspecified atom stereocenters. The molecule has 0 heterocycles. The summed E-state index contributed by atoms with van der Waals surface area (Å²) in [4.78, 5) is 12.5. The Morgan fingerprint density at radius 1 is 0.933 bits per heavy atom. The van der Waals surface area contributed by atoms with Crippen molar-refractivity contribution < 1.29 is 23.0 Å². The molecular weight excluding hydrogens is 386 g/mol. The second kappa shape index (κ2) is 11.2. The summed E-state index contributed by atoms with van der Waals surface area (Å²) in [5.41, 5.74) is 1.79. The number of hydrogen-bond donors (Lipinski definition) is 0. The molecule has 1 saturated carbocycles. The summed E-state index contributed by atoms with van der Waals surface area (Å²) in [5.74, 6) is -1.35. The van der Waals surface area contributed by atoms with E-state index in [9.17, 15) is 13.6 Å². The van der Waals surface area contributed by atoms with E-state index in [1.807, 2.05) is 12.1 Å². The van der Waals surface area contributed by atoms with Crippen LogP contribution in [0.2, 0.25) is 0 Å². The third kappa shape index (κ3) is 6.63. The number of rotatable bonds is 9. The summed E-state index contributed by atoms with van der Waals surface area (Å²) in [6.07, 6.45) is 7.22. The van der Waals surface area contributed by atoms with Crippen LogP contribution in [0.4, 0.5) is 8.78 Å². The van der Waals surface area contributed by atoms with Gasteiger partial charge in [-0.15, -0.1) is 0 Å². The summed E-state index contributed by atoms with van der Waals surface area (Å²) in [5, 5.41) is 0. The van der Waals surface area contributed by atoms with Crippen molar-refractivity contribution in [2.45, 2.75) is 64.4 Å². The fourth-order valence-corrected chi connectivity index (χ4v) is 3.77. The maximum Gasteiger partial charge on any atom is 0.314 e. The molecule has 162 valence electrons. The second-order valence-electron chi connectivity index (χ2n) is 8.01. The molecule has 2 aromatic carbocycles. The van der Waals surface area contributed by atoms with E-state index in [0.29, 0.717) is 18.6 Å². The van der Waals surface area contributed by atoms with Gasteiger partial charge in [-0.3, -0.25) is 4.79 Å². The number of carbonyl (C=O) groups excluding carboxylic acids is 1. The van der Waals surface area contributed by atoms with E-state index in [1.54, 1.807) is 18.2 Å². The number of carbonyl (C=O) groups is 1. The molecule has 2 aromatic rings. The van der Waals surface area contributed by atoms with Crippen LogP contribution in [0.15, 0.2) is 42.5 Å². The lowest BCUT2D eigenvalue weighted by atomic mass is 9.87. The number of ether oxygens (including phenoxy) is 2. The minimum absolute atomic E-state index is 0.0657. The molecule has 1 aliphatic rings. The topological polar surface area (TPSA) is 35.5 Å². The van der Waals surface area contributed by atoms with Gasteiger partial charge < -0.3 is 9.47 Å². The van der Waals surface area contributed by atoms with Crippen LogP contribution in [-0.4, -0.2) is 18.7 Å². The molecule has 1 aliphatic carbocycles. The zero-order valence-corrected chi connectivity index (χ0v) is 17.5. The molecule has 0 bridgehead atoms. The highest BCUT2D eigenvalue weighted by molar-refractivity contribution is 5.75. The first-order chi connectivity index (χ1) is 14.5. The van der Waals surface area contributed by atoms with Crippen LogP contribution < -0.4 is 4.74 Å². The molecule has 1 fully saturated rings. The summed E-state index contributed by atoms with van der Waals surface area (Å²) >= 11 is 0. The number of halogens is 2. The lowest BCUT2D eigenvalue weighted by Gasteiger charge is -2.27. The Bertz CT molecular complexity index is 812. The average Bonchev–Trinajstić information content (AvgIpc) is 2.76. The number of unbranched alkanes of at least 4 members (excludes halogenated alkanes) is 1. The predicted molar refractivity (Wildman–Crippen MR) is 112 cm³/mol. The van der Waals surface area contributed by atoms with Gasteiger partial charge in [-0.05, 0) is 80.3 Å². The molecule has 5 heteroatoms. The Morgan fingerprint density at radius 3 is 2.27 bits per heavy atom. The molecular formula is C25H30F2O3. The Hall–Kier alpha value is -2.27. The van der Waals surface area contributed by atoms with Crippen molar-refractivity contribution in [2.24, 2.45) is 5.92 Å². The first kappa shape index (κ1) is 22.4. The zero-order chi connectivity index (χ0) is 21.3. The molecule has 0 atom stereocenters. The van der Waals surface area contributed by atoms with Crippen molar-refractivity contribution in [3.05, 3.63) is 65.2 Å². The molecule has 0 N–H and O–H groups in total. The van der Waals surface area contributed by atoms with Gasteiger partial charge >= 0.3 is 5.97 Å². The van der Waals surface area contributed by atoms with Gasteiger partial charge in [0.15, 0.2) is 11.6 Å². The first-order valence-corrected chi connectivity index (χ1v) is 10.9. The molecule has 0 radical (unpaired) electrons. The molecule has 0 aliphatic heterocycles. The quantitative estimate of drug-likeness (QED) is 0.284. The van der Waals surface area contributed by atoms with E-state index in [0.717, 1.165) is 62.3 Å². The second-order valence-corrected chi connectivity index (χ2v) is 8.01. The Morgan fingerprint density at radius 2 is 1.60 bits per heavy atom. The largest absolute Gasteiger partial charge is 0.426 e. The van der Waals surface area contributed by atoms with Crippen molar-refractivity contribution in [3.63, 3.8) is 0 Å². The van der Waals surface area contributed by atoms with Gasteiger partial charge in [0.05, 0.1) is 12.0 Å². The smallest absolute Gasteiger partial charge is 0.314 e. The van der Waals surface area contributed by atoms with Gasteiger partial charge in [0, 0.05) is 6.61 Å². The fourth-order valence-electron chi connectivity index (χ4n) is 3.77. The van der Waals surface area contributed by atoms with Crippen LogP contribution in [0.25, 0.3) is 0 Å². The van der Waals surface area contributed by atoms with Gasteiger partial charge in [-0.2, -0.15) is 0 Å². The normalized spacial score (nSPS) is 18.9. The van der Waals surface area contributed by atoms with Crippen LogP contribution >= 0.6 is 0 Å². The third-order valence-corrected chi connectivity index (χ3v) is 5.69. The Balaban J connectivity index is 1.42. The van der Waals surface area contributed by atoms with Crippen LogP contribution in [0.1, 0.15) is 56.6 Å². The standard InChI is InChI=1S/C25H30F2O3/c1-2-3-16-29-21-13-9-20(10-14-21)25(28)30-22-11-6-18(7-12-22)4-5-19-8-15-23(26)24(27)17-19/h6-8,11-12,15,17,20-21H,2-5,9-10,13-14,16H2,1H3/t20-,21-. The number of aryl methyl sites for hydroxylation is 2. The summed E-state index contributed by atoms with van der Waals surface area (Å²) in [6, 6.07) is 11.4. The van der Waals surface area contributed by atoms with Crippen molar-refractivity contribution in [1.29, 1.82) is 0 Å². The molecule has 0 amide bonds. The number of hydrogen-bond acceptors (Lipinski definition) is 3. The van der Waals surface area contributed by atoms with Gasteiger partial charge in [0.2, 0.25) is 0 Å². The number of esters is 1. The van der Waals surface area contributed by atoms with Crippen molar-refractivity contribution in [1.82, 2.24) is 0 Å². The lowest BCUT2D eigenvalue weighted by Crippen LogP contribution is -2.29. The average molecular weight is 417 g/mol. The Kier molecular flexibility index (Phi) is 8.38.